The van der Waals surface area contributed by atoms with E-state index in [9.17, 15) is 9.59 Å². The number of hydrogen-bond acceptors (Lipinski definition) is 4. The molecule has 1 aromatic carbocycles. The summed E-state index contributed by atoms with van der Waals surface area (Å²) in [6, 6.07) is 6.95. The zero-order chi connectivity index (χ0) is 16.8. The minimum Gasteiger partial charge on any atom is -0.494 e. The number of carboxylic acid groups (broad SMARTS) is 1. The van der Waals surface area contributed by atoms with Gasteiger partial charge in [0.1, 0.15) is 17.0 Å². The number of hydrogen-bond donors (Lipinski definition) is 1. The van der Waals surface area contributed by atoms with Crippen molar-refractivity contribution in [2.45, 2.75) is 32.7 Å². The van der Waals surface area contributed by atoms with Crippen LogP contribution in [0, 0.1) is 0 Å². The van der Waals surface area contributed by atoms with Crippen molar-refractivity contribution in [3.05, 3.63) is 24.3 Å². The standard InChI is InChI=1S/C16H23NO5/c1-5-10-21-12-6-8-13(9-7-12)22-11-14(18)17(4)16(2,3)15(19)20/h6-9H,5,10-11H2,1-4H3,(H,19,20). The molecule has 0 heterocycles. The number of ether oxygens (including phenoxy) is 2. The van der Waals surface area contributed by atoms with Gasteiger partial charge in [0.25, 0.3) is 5.91 Å². The van der Waals surface area contributed by atoms with Crippen molar-refractivity contribution in [2.75, 3.05) is 20.3 Å². The van der Waals surface area contributed by atoms with E-state index in [2.05, 4.69) is 0 Å². The number of carbonyl (C=O) groups excluding carboxylic acids is 1. The number of carbonyl (C=O) groups is 2. The molecular weight excluding hydrogens is 286 g/mol. The molecule has 1 aromatic rings. The summed E-state index contributed by atoms with van der Waals surface area (Å²) in [6.45, 7) is 5.38. The third kappa shape index (κ3) is 4.65. The van der Waals surface area contributed by atoms with Gasteiger partial charge in [-0.1, -0.05) is 6.92 Å². The summed E-state index contributed by atoms with van der Waals surface area (Å²) in [5, 5.41) is 9.10. The minimum atomic E-state index is -1.28. The number of carboxylic acids is 1. The second-order valence-electron chi connectivity index (χ2n) is 5.43. The molecule has 0 saturated heterocycles. The van der Waals surface area contributed by atoms with Gasteiger partial charge in [0, 0.05) is 7.05 Å². The van der Waals surface area contributed by atoms with Crippen LogP contribution >= 0.6 is 0 Å². The Morgan fingerprint density at radius 1 is 1.14 bits per heavy atom. The molecule has 1 N–H and O–H groups in total. The highest BCUT2D eigenvalue weighted by molar-refractivity contribution is 5.86. The van der Waals surface area contributed by atoms with Gasteiger partial charge in [0.2, 0.25) is 0 Å². The summed E-state index contributed by atoms with van der Waals surface area (Å²) in [7, 11) is 1.45. The molecular formula is C16H23NO5. The number of aliphatic carboxylic acids is 1. The van der Waals surface area contributed by atoms with Crippen LogP contribution in [0.2, 0.25) is 0 Å². The van der Waals surface area contributed by atoms with Crippen molar-refractivity contribution >= 4 is 11.9 Å². The molecule has 0 spiro atoms. The molecule has 0 fully saturated rings. The minimum absolute atomic E-state index is 0.220. The lowest BCUT2D eigenvalue weighted by Gasteiger charge is -2.31. The Morgan fingerprint density at radius 2 is 1.64 bits per heavy atom. The maximum absolute atomic E-state index is 12.0. The Bertz CT molecular complexity index is 510. The lowest BCUT2D eigenvalue weighted by atomic mass is 10.0. The summed E-state index contributed by atoms with van der Waals surface area (Å²) in [6.07, 6.45) is 0.929. The highest BCUT2D eigenvalue weighted by Crippen LogP contribution is 2.18. The fourth-order valence-corrected chi connectivity index (χ4v) is 1.55. The van der Waals surface area contributed by atoms with Gasteiger partial charge in [-0.05, 0) is 44.5 Å². The van der Waals surface area contributed by atoms with Crippen molar-refractivity contribution in [3.8, 4) is 11.5 Å². The van der Waals surface area contributed by atoms with Crippen LogP contribution in [0.5, 0.6) is 11.5 Å². The number of benzene rings is 1. The first-order chi connectivity index (χ1) is 10.3. The van der Waals surface area contributed by atoms with E-state index in [-0.39, 0.29) is 6.61 Å². The van der Waals surface area contributed by atoms with Crippen LogP contribution in [0.15, 0.2) is 24.3 Å². The van der Waals surface area contributed by atoms with Crippen molar-refractivity contribution in [3.63, 3.8) is 0 Å². The highest BCUT2D eigenvalue weighted by atomic mass is 16.5. The van der Waals surface area contributed by atoms with Gasteiger partial charge in [0.15, 0.2) is 6.61 Å². The van der Waals surface area contributed by atoms with Crippen molar-refractivity contribution in [1.29, 1.82) is 0 Å². The van der Waals surface area contributed by atoms with E-state index in [4.69, 9.17) is 14.6 Å². The molecule has 1 amide bonds. The molecule has 0 aliphatic carbocycles. The molecule has 122 valence electrons. The Hall–Kier alpha value is -2.24. The van der Waals surface area contributed by atoms with Crippen LogP contribution in [0.4, 0.5) is 0 Å². The number of rotatable bonds is 8. The molecule has 0 radical (unpaired) electrons. The van der Waals surface area contributed by atoms with Crippen molar-refractivity contribution in [2.24, 2.45) is 0 Å². The molecule has 1 rings (SSSR count). The maximum atomic E-state index is 12.0. The SMILES string of the molecule is CCCOc1ccc(OCC(=O)N(C)C(C)(C)C(=O)O)cc1. The van der Waals surface area contributed by atoms with Crippen LogP contribution < -0.4 is 9.47 Å². The smallest absolute Gasteiger partial charge is 0.329 e. The first-order valence-corrected chi connectivity index (χ1v) is 7.14. The first kappa shape index (κ1) is 17.8. The predicted octanol–water partition coefficient (Wildman–Crippen LogP) is 2.18. The van der Waals surface area contributed by atoms with Gasteiger partial charge in [-0.25, -0.2) is 4.79 Å². The molecule has 6 nitrogen and oxygen atoms in total. The Balaban J connectivity index is 2.55. The van der Waals surface area contributed by atoms with Crippen molar-refractivity contribution < 1.29 is 24.2 Å². The summed E-state index contributed by atoms with van der Waals surface area (Å²) < 4.78 is 10.8. The molecule has 6 heteroatoms. The maximum Gasteiger partial charge on any atom is 0.329 e. The zero-order valence-electron chi connectivity index (χ0n) is 13.5. The lowest BCUT2D eigenvalue weighted by molar-refractivity contribution is -0.156. The summed E-state index contributed by atoms with van der Waals surface area (Å²) in [5.41, 5.74) is -1.28. The van der Waals surface area contributed by atoms with E-state index in [1.165, 1.54) is 20.9 Å². The summed E-state index contributed by atoms with van der Waals surface area (Å²) in [4.78, 5) is 24.3. The quantitative estimate of drug-likeness (QED) is 0.796. The number of likely N-dealkylation sites (N-methyl/N-ethyl adjacent to an activating group) is 1. The molecule has 0 aliphatic heterocycles. The van der Waals surface area contributed by atoms with Crippen LogP contribution in [-0.4, -0.2) is 47.7 Å². The van der Waals surface area contributed by atoms with E-state index in [0.717, 1.165) is 17.1 Å². The van der Waals surface area contributed by atoms with E-state index in [1.807, 2.05) is 6.92 Å². The number of amides is 1. The van der Waals surface area contributed by atoms with Crippen LogP contribution in [0.1, 0.15) is 27.2 Å². The predicted molar refractivity (Wildman–Crippen MR) is 82.2 cm³/mol. The van der Waals surface area contributed by atoms with Gasteiger partial charge in [-0.2, -0.15) is 0 Å². The molecule has 0 aliphatic rings. The number of nitrogens with zero attached hydrogens (tertiary/aromatic N) is 1. The monoisotopic (exact) mass is 309 g/mol. The summed E-state index contributed by atoms with van der Waals surface area (Å²) >= 11 is 0. The van der Waals surface area contributed by atoms with E-state index in [1.54, 1.807) is 24.3 Å². The third-order valence-electron chi connectivity index (χ3n) is 3.39. The largest absolute Gasteiger partial charge is 0.494 e. The molecule has 0 atom stereocenters. The molecule has 0 saturated carbocycles. The van der Waals surface area contributed by atoms with Gasteiger partial charge in [-0.15, -0.1) is 0 Å². The molecule has 0 aromatic heterocycles. The summed E-state index contributed by atoms with van der Waals surface area (Å²) in [5.74, 6) is -0.206. The normalized spacial score (nSPS) is 10.9. The van der Waals surface area contributed by atoms with Gasteiger partial charge >= 0.3 is 5.97 Å². The Labute approximate surface area is 130 Å². The molecule has 22 heavy (non-hydrogen) atoms. The average molecular weight is 309 g/mol. The van der Waals surface area contributed by atoms with E-state index in [0.29, 0.717) is 12.4 Å². The van der Waals surface area contributed by atoms with Crippen LogP contribution in [-0.2, 0) is 9.59 Å². The average Bonchev–Trinajstić information content (AvgIpc) is 2.50. The topological polar surface area (TPSA) is 76.1 Å². The highest BCUT2D eigenvalue weighted by Gasteiger charge is 2.35. The van der Waals surface area contributed by atoms with Crippen LogP contribution in [0.25, 0.3) is 0 Å². The second kappa shape index (κ2) is 7.68. The fraction of sp³-hybridized carbons (Fsp3) is 0.500. The van der Waals surface area contributed by atoms with Crippen molar-refractivity contribution in [1.82, 2.24) is 4.90 Å². The van der Waals surface area contributed by atoms with E-state index >= 15 is 0 Å². The zero-order valence-corrected chi connectivity index (χ0v) is 13.5. The second-order valence-corrected chi connectivity index (χ2v) is 5.43. The van der Waals surface area contributed by atoms with E-state index < -0.39 is 17.4 Å². The van der Waals surface area contributed by atoms with Crippen LogP contribution in [0.3, 0.4) is 0 Å². The lowest BCUT2D eigenvalue weighted by Crippen LogP contribution is -2.52. The Kier molecular flexibility index (Phi) is 6.22. The third-order valence-corrected chi connectivity index (χ3v) is 3.39. The van der Waals surface area contributed by atoms with Gasteiger partial charge in [-0.3, -0.25) is 4.79 Å². The van der Waals surface area contributed by atoms with Gasteiger partial charge in [0.05, 0.1) is 6.61 Å². The van der Waals surface area contributed by atoms with Gasteiger partial charge < -0.3 is 19.5 Å². The Morgan fingerprint density at radius 3 is 2.09 bits per heavy atom. The molecule has 0 unspecified atom stereocenters. The molecule has 0 bridgehead atoms. The fourth-order valence-electron chi connectivity index (χ4n) is 1.55. The first-order valence-electron chi connectivity index (χ1n) is 7.14.